The van der Waals surface area contributed by atoms with E-state index in [2.05, 4.69) is 17.4 Å². The van der Waals surface area contributed by atoms with Crippen LogP contribution in [0.1, 0.15) is 31.2 Å². The van der Waals surface area contributed by atoms with Gasteiger partial charge in [0.1, 0.15) is 5.75 Å². The molecule has 2 rings (SSSR count). The Hall–Kier alpha value is -1.06. The molecule has 1 aromatic carbocycles. The molecule has 2 atom stereocenters. The molecule has 1 fully saturated rings. The second-order valence-corrected chi connectivity index (χ2v) is 5.18. The minimum atomic E-state index is -0.257. The van der Waals surface area contributed by atoms with E-state index in [-0.39, 0.29) is 11.5 Å². The molecule has 1 saturated carbocycles. The van der Waals surface area contributed by atoms with Gasteiger partial charge in [0.2, 0.25) is 0 Å². The van der Waals surface area contributed by atoms with E-state index >= 15 is 0 Å². The Kier molecular flexibility index (Phi) is 4.25. The third kappa shape index (κ3) is 2.38. The first-order chi connectivity index (χ1) is 8.73. The van der Waals surface area contributed by atoms with Gasteiger partial charge in [-0.3, -0.25) is 0 Å². The van der Waals surface area contributed by atoms with Gasteiger partial charge in [-0.05, 0) is 37.6 Å². The Morgan fingerprint density at radius 3 is 2.61 bits per heavy atom. The summed E-state index contributed by atoms with van der Waals surface area (Å²) in [5.74, 6) is 0.864. The van der Waals surface area contributed by atoms with Crippen molar-refractivity contribution < 1.29 is 9.84 Å². The highest BCUT2D eigenvalue weighted by atomic mass is 16.5. The van der Waals surface area contributed by atoms with Gasteiger partial charge in [-0.1, -0.05) is 25.0 Å². The topological polar surface area (TPSA) is 41.5 Å². The van der Waals surface area contributed by atoms with Crippen molar-refractivity contribution >= 4 is 0 Å². The Morgan fingerprint density at radius 2 is 2.06 bits per heavy atom. The first-order valence-electron chi connectivity index (χ1n) is 6.70. The average Bonchev–Trinajstić information content (AvgIpc) is 2.42. The molecule has 0 unspecified atom stereocenters. The van der Waals surface area contributed by atoms with Crippen molar-refractivity contribution in [2.75, 3.05) is 20.7 Å². The van der Waals surface area contributed by atoms with Crippen LogP contribution in [0.3, 0.4) is 0 Å². The van der Waals surface area contributed by atoms with E-state index < -0.39 is 0 Å². The SMILES string of the molecule is CNC[C@@]1(c2ccc(OC)cc2)CCCC[C@H]1O. The van der Waals surface area contributed by atoms with E-state index in [0.29, 0.717) is 0 Å². The standard InChI is InChI=1S/C15H23NO2/c1-16-11-15(10-4-3-5-14(15)17)12-6-8-13(18-2)9-7-12/h6-9,14,16-17H,3-5,10-11H2,1-2H3/t14-,15-/m1/s1. The van der Waals surface area contributed by atoms with Crippen molar-refractivity contribution in [1.82, 2.24) is 5.32 Å². The molecule has 0 saturated heterocycles. The van der Waals surface area contributed by atoms with Gasteiger partial charge in [-0.15, -0.1) is 0 Å². The van der Waals surface area contributed by atoms with Crippen LogP contribution in [0, 0.1) is 0 Å². The summed E-state index contributed by atoms with van der Waals surface area (Å²) >= 11 is 0. The lowest BCUT2D eigenvalue weighted by Crippen LogP contribution is -2.48. The number of hydrogen-bond donors (Lipinski definition) is 2. The molecule has 18 heavy (non-hydrogen) atoms. The highest BCUT2D eigenvalue weighted by Crippen LogP contribution is 2.39. The van der Waals surface area contributed by atoms with Gasteiger partial charge in [0, 0.05) is 12.0 Å². The van der Waals surface area contributed by atoms with Crippen LogP contribution in [0.5, 0.6) is 5.75 Å². The molecule has 0 bridgehead atoms. The molecule has 3 heteroatoms. The molecule has 0 radical (unpaired) electrons. The molecule has 0 spiro atoms. The zero-order valence-electron chi connectivity index (χ0n) is 11.3. The third-order valence-electron chi connectivity index (χ3n) is 4.15. The molecular weight excluding hydrogens is 226 g/mol. The Balaban J connectivity index is 2.32. The first-order valence-corrected chi connectivity index (χ1v) is 6.70. The number of hydrogen-bond acceptors (Lipinski definition) is 3. The Morgan fingerprint density at radius 1 is 1.33 bits per heavy atom. The number of aliphatic hydroxyl groups excluding tert-OH is 1. The second kappa shape index (κ2) is 5.72. The van der Waals surface area contributed by atoms with Crippen molar-refractivity contribution in [3.8, 4) is 5.75 Å². The Bertz CT molecular complexity index is 373. The minimum Gasteiger partial charge on any atom is -0.497 e. The summed E-state index contributed by atoms with van der Waals surface area (Å²) < 4.78 is 5.20. The number of rotatable bonds is 4. The van der Waals surface area contributed by atoms with Gasteiger partial charge in [0.15, 0.2) is 0 Å². The van der Waals surface area contributed by atoms with Gasteiger partial charge in [-0.25, -0.2) is 0 Å². The minimum absolute atomic E-state index is 0.140. The number of likely N-dealkylation sites (N-methyl/N-ethyl adjacent to an activating group) is 1. The molecule has 0 heterocycles. The monoisotopic (exact) mass is 249 g/mol. The predicted molar refractivity (Wildman–Crippen MR) is 73.1 cm³/mol. The fraction of sp³-hybridized carbons (Fsp3) is 0.600. The maximum absolute atomic E-state index is 10.5. The highest BCUT2D eigenvalue weighted by molar-refractivity contribution is 5.34. The van der Waals surface area contributed by atoms with Gasteiger partial charge in [0.25, 0.3) is 0 Å². The van der Waals surface area contributed by atoms with Crippen LogP contribution in [-0.2, 0) is 5.41 Å². The molecule has 2 N–H and O–H groups in total. The van der Waals surface area contributed by atoms with Crippen LogP contribution >= 0.6 is 0 Å². The van der Waals surface area contributed by atoms with Crippen molar-refractivity contribution in [1.29, 1.82) is 0 Å². The number of methoxy groups -OCH3 is 1. The summed E-state index contributed by atoms with van der Waals surface area (Å²) in [4.78, 5) is 0. The quantitative estimate of drug-likeness (QED) is 0.858. The molecular formula is C15H23NO2. The molecule has 1 aliphatic rings. The van der Waals surface area contributed by atoms with Crippen LogP contribution < -0.4 is 10.1 Å². The normalized spacial score (nSPS) is 28.1. The van der Waals surface area contributed by atoms with Gasteiger partial charge >= 0.3 is 0 Å². The van der Waals surface area contributed by atoms with Crippen molar-refractivity contribution in [3.05, 3.63) is 29.8 Å². The fourth-order valence-electron chi connectivity index (χ4n) is 3.10. The van der Waals surface area contributed by atoms with Crippen LogP contribution in [0.25, 0.3) is 0 Å². The maximum atomic E-state index is 10.5. The van der Waals surface area contributed by atoms with Crippen LogP contribution in [0.4, 0.5) is 0 Å². The van der Waals surface area contributed by atoms with Gasteiger partial charge in [-0.2, -0.15) is 0 Å². The number of aliphatic hydroxyl groups is 1. The molecule has 1 aliphatic carbocycles. The summed E-state index contributed by atoms with van der Waals surface area (Å²) in [7, 11) is 3.63. The van der Waals surface area contributed by atoms with Crippen molar-refractivity contribution in [2.24, 2.45) is 0 Å². The molecule has 3 nitrogen and oxygen atoms in total. The van der Waals surface area contributed by atoms with Crippen LogP contribution in [0.15, 0.2) is 24.3 Å². The van der Waals surface area contributed by atoms with Crippen LogP contribution in [0.2, 0.25) is 0 Å². The van der Waals surface area contributed by atoms with Crippen LogP contribution in [-0.4, -0.2) is 31.9 Å². The molecule has 1 aromatic rings. The number of ether oxygens (including phenoxy) is 1. The van der Waals surface area contributed by atoms with E-state index in [4.69, 9.17) is 4.74 Å². The predicted octanol–water partition coefficient (Wildman–Crippen LogP) is 2.09. The van der Waals surface area contributed by atoms with E-state index in [0.717, 1.165) is 31.6 Å². The molecule has 0 amide bonds. The fourth-order valence-corrected chi connectivity index (χ4v) is 3.10. The van der Waals surface area contributed by atoms with Crippen molar-refractivity contribution in [2.45, 2.75) is 37.2 Å². The summed E-state index contributed by atoms with van der Waals surface area (Å²) in [5.41, 5.74) is 1.07. The third-order valence-corrected chi connectivity index (χ3v) is 4.15. The lowest BCUT2D eigenvalue weighted by Gasteiger charge is -2.42. The molecule has 0 aliphatic heterocycles. The largest absolute Gasteiger partial charge is 0.497 e. The lowest BCUT2D eigenvalue weighted by atomic mass is 9.67. The number of benzene rings is 1. The van der Waals surface area contributed by atoms with Gasteiger partial charge < -0.3 is 15.2 Å². The summed E-state index contributed by atoms with van der Waals surface area (Å²) in [6, 6.07) is 8.14. The van der Waals surface area contributed by atoms with E-state index in [1.54, 1.807) is 7.11 Å². The van der Waals surface area contributed by atoms with Gasteiger partial charge in [0.05, 0.1) is 13.2 Å². The van der Waals surface area contributed by atoms with Crippen molar-refractivity contribution in [3.63, 3.8) is 0 Å². The summed E-state index contributed by atoms with van der Waals surface area (Å²) in [5, 5.41) is 13.7. The second-order valence-electron chi connectivity index (χ2n) is 5.18. The first kappa shape index (κ1) is 13.4. The molecule has 0 aromatic heterocycles. The maximum Gasteiger partial charge on any atom is 0.118 e. The number of nitrogens with one attached hydrogen (secondary N) is 1. The zero-order chi connectivity index (χ0) is 13.0. The molecule has 100 valence electrons. The summed E-state index contributed by atoms with van der Waals surface area (Å²) in [6.07, 6.45) is 4.00. The highest BCUT2D eigenvalue weighted by Gasteiger charge is 2.40. The van der Waals surface area contributed by atoms with E-state index in [1.807, 2.05) is 19.2 Å². The van der Waals surface area contributed by atoms with E-state index in [9.17, 15) is 5.11 Å². The smallest absolute Gasteiger partial charge is 0.118 e. The van der Waals surface area contributed by atoms with E-state index in [1.165, 1.54) is 12.0 Å². The Labute approximate surface area is 109 Å². The zero-order valence-corrected chi connectivity index (χ0v) is 11.3. The average molecular weight is 249 g/mol. The summed E-state index contributed by atoms with van der Waals surface area (Å²) in [6.45, 7) is 0.820. The lowest BCUT2D eigenvalue weighted by molar-refractivity contribution is 0.0424.